The van der Waals surface area contributed by atoms with Crippen LogP contribution in [0.3, 0.4) is 0 Å². The molecule has 3 rings (SSSR count). The maximum Gasteiger partial charge on any atom is 0.312 e. The van der Waals surface area contributed by atoms with Crippen molar-refractivity contribution in [2.75, 3.05) is 26.2 Å². The molecule has 7 heteroatoms. The molecule has 0 spiro atoms. The fourth-order valence-corrected chi connectivity index (χ4v) is 3.74. The van der Waals surface area contributed by atoms with Gasteiger partial charge < -0.3 is 21.1 Å². The van der Waals surface area contributed by atoms with Gasteiger partial charge in [-0.1, -0.05) is 12.1 Å². The molecule has 1 aliphatic carbocycles. The van der Waals surface area contributed by atoms with E-state index in [9.17, 15) is 14.7 Å². The van der Waals surface area contributed by atoms with Gasteiger partial charge in [-0.05, 0) is 37.0 Å². The maximum atomic E-state index is 12.6. The maximum absolute atomic E-state index is 12.6. The number of hydrogen-bond donors (Lipinski definition) is 3. The quantitative estimate of drug-likeness (QED) is 0.740. The second-order valence-electron chi connectivity index (χ2n) is 6.81. The molecule has 1 heterocycles. The van der Waals surface area contributed by atoms with Crippen LogP contribution in [0.4, 0.5) is 4.79 Å². The average Bonchev–Trinajstić information content (AvgIpc) is 3.06. The van der Waals surface area contributed by atoms with E-state index in [1.807, 2.05) is 17.0 Å². The molecule has 0 aromatic heterocycles. The zero-order valence-corrected chi connectivity index (χ0v) is 14.4. The predicted molar refractivity (Wildman–Crippen MR) is 94.0 cm³/mol. The van der Waals surface area contributed by atoms with Gasteiger partial charge in [-0.2, -0.15) is 0 Å². The van der Waals surface area contributed by atoms with Gasteiger partial charge in [0.25, 0.3) is 5.91 Å². The number of piperazine rings is 1. The summed E-state index contributed by atoms with van der Waals surface area (Å²) in [7, 11) is 0. The molecule has 2 fully saturated rings. The molecule has 0 bridgehead atoms. The first-order valence-electron chi connectivity index (χ1n) is 8.88. The lowest BCUT2D eigenvalue weighted by Crippen LogP contribution is -2.53. The van der Waals surface area contributed by atoms with Gasteiger partial charge in [0.2, 0.25) is 0 Å². The minimum absolute atomic E-state index is 0.0287. The molecule has 136 valence electrons. The van der Waals surface area contributed by atoms with Crippen LogP contribution in [0, 0.1) is 0 Å². The van der Waals surface area contributed by atoms with Crippen LogP contribution >= 0.6 is 0 Å². The molecule has 25 heavy (non-hydrogen) atoms. The third-order valence-electron chi connectivity index (χ3n) is 5.18. The van der Waals surface area contributed by atoms with E-state index in [4.69, 9.17) is 5.73 Å². The molecular weight excluding hydrogens is 320 g/mol. The summed E-state index contributed by atoms with van der Waals surface area (Å²) in [6.45, 7) is 3.36. The van der Waals surface area contributed by atoms with Crippen LogP contribution < -0.4 is 11.1 Å². The van der Waals surface area contributed by atoms with Crippen molar-refractivity contribution < 1.29 is 14.7 Å². The third kappa shape index (κ3) is 4.29. The van der Waals surface area contributed by atoms with Gasteiger partial charge >= 0.3 is 6.03 Å². The summed E-state index contributed by atoms with van der Waals surface area (Å²) >= 11 is 0. The first kappa shape index (κ1) is 17.7. The number of rotatable bonds is 4. The molecule has 4 N–H and O–H groups in total. The van der Waals surface area contributed by atoms with Crippen molar-refractivity contribution in [2.45, 2.75) is 38.0 Å². The highest BCUT2D eigenvalue weighted by atomic mass is 16.3. The Kier molecular flexibility index (Phi) is 5.55. The normalized spacial score (nSPS) is 24.3. The van der Waals surface area contributed by atoms with E-state index < -0.39 is 6.03 Å². The van der Waals surface area contributed by atoms with Crippen molar-refractivity contribution in [1.29, 1.82) is 0 Å². The summed E-state index contributed by atoms with van der Waals surface area (Å²) < 4.78 is 0. The Morgan fingerprint density at radius 2 is 1.80 bits per heavy atom. The standard InChI is InChI=1S/C18H26N4O3/c19-18(25)20-12-13-4-6-14(7-5-13)17(24)22-10-8-21(9-11-22)15-2-1-3-16(15)23/h4-7,15-16,23H,1-3,8-12H2,(H3,19,20,25)/t15-,16-/m0/s1. The fraction of sp³-hybridized carbons (Fsp3) is 0.556. The van der Waals surface area contributed by atoms with E-state index in [2.05, 4.69) is 10.2 Å². The highest BCUT2D eigenvalue weighted by Gasteiger charge is 2.33. The Hall–Kier alpha value is -2.12. The van der Waals surface area contributed by atoms with Gasteiger partial charge in [0.05, 0.1) is 6.10 Å². The minimum Gasteiger partial charge on any atom is -0.391 e. The van der Waals surface area contributed by atoms with E-state index >= 15 is 0 Å². The number of carbonyl (C=O) groups is 2. The summed E-state index contributed by atoms with van der Waals surface area (Å²) in [6.07, 6.45) is 2.81. The van der Waals surface area contributed by atoms with Crippen LogP contribution in [-0.2, 0) is 6.54 Å². The van der Waals surface area contributed by atoms with Crippen LogP contribution in [0.1, 0.15) is 35.2 Å². The first-order chi connectivity index (χ1) is 12.0. The number of primary amides is 1. The highest BCUT2D eigenvalue weighted by Crippen LogP contribution is 2.25. The smallest absolute Gasteiger partial charge is 0.312 e. The number of benzene rings is 1. The third-order valence-corrected chi connectivity index (χ3v) is 5.18. The molecule has 1 saturated heterocycles. The summed E-state index contributed by atoms with van der Waals surface area (Å²) in [5.74, 6) is 0.0287. The number of hydrogen-bond acceptors (Lipinski definition) is 4. The number of aliphatic hydroxyl groups excluding tert-OH is 1. The molecule has 1 aliphatic heterocycles. The van der Waals surface area contributed by atoms with Crippen molar-refractivity contribution in [3.05, 3.63) is 35.4 Å². The highest BCUT2D eigenvalue weighted by molar-refractivity contribution is 5.94. The van der Waals surface area contributed by atoms with Crippen LogP contribution in [0.25, 0.3) is 0 Å². The molecule has 1 saturated carbocycles. The first-order valence-corrected chi connectivity index (χ1v) is 8.88. The molecule has 1 aromatic rings. The van der Waals surface area contributed by atoms with Crippen molar-refractivity contribution >= 4 is 11.9 Å². The van der Waals surface area contributed by atoms with Crippen LogP contribution in [-0.4, -0.2) is 65.2 Å². The zero-order valence-electron chi connectivity index (χ0n) is 14.4. The number of nitrogens with one attached hydrogen (secondary N) is 1. The van der Waals surface area contributed by atoms with Gasteiger partial charge in [0.15, 0.2) is 0 Å². The Balaban J connectivity index is 1.52. The second-order valence-corrected chi connectivity index (χ2v) is 6.81. The Labute approximate surface area is 147 Å². The number of urea groups is 1. The second kappa shape index (κ2) is 7.84. The number of nitrogens with two attached hydrogens (primary N) is 1. The van der Waals surface area contributed by atoms with E-state index in [1.165, 1.54) is 0 Å². The average molecular weight is 346 g/mol. The molecule has 2 aliphatic rings. The van der Waals surface area contributed by atoms with Crippen LogP contribution in [0.2, 0.25) is 0 Å². The fourth-order valence-electron chi connectivity index (χ4n) is 3.74. The van der Waals surface area contributed by atoms with Gasteiger partial charge in [0, 0.05) is 44.3 Å². The topological polar surface area (TPSA) is 98.9 Å². The van der Waals surface area contributed by atoms with E-state index in [0.717, 1.165) is 37.9 Å². The largest absolute Gasteiger partial charge is 0.391 e. The number of aliphatic hydroxyl groups is 1. The lowest BCUT2D eigenvalue weighted by Gasteiger charge is -2.39. The SMILES string of the molecule is NC(=O)NCc1ccc(C(=O)N2CCN([C@H]3CCC[C@@H]3O)CC2)cc1. The number of carbonyl (C=O) groups excluding carboxylic acids is 2. The van der Waals surface area contributed by atoms with E-state index in [-0.39, 0.29) is 18.1 Å². The summed E-state index contributed by atoms with van der Waals surface area (Å²) in [4.78, 5) is 27.6. The molecule has 1 aromatic carbocycles. The molecule has 7 nitrogen and oxygen atoms in total. The van der Waals surface area contributed by atoms with Gasteiger partial charge in [0.1, 0.15) is 0 Å². The summed E-state index contributed by atoms with van der Waals surface area (Å²) in [5.41, 5.74) is 6.60. The van der Waals surface area contributed by atoms with Crippen molar-refractivity contribution in [2.24, 2.45) is 5.73 Å². The molecule has 2 atom stereocenters. The van der Waals surface area contributed by atoms with Gasteiger partial charge in [-0.25, -0.2) is 4.79 Å². The van der Waals surface area contributed by atoms with Gasteiger partial charge in [-0.15, -0.1) is 0 Å². The van der Waals surface area contributed by atoms with Crippen LogP contribution in [0.15, 0.2) is 24.3 Å². The Morgan fingerprint density at radius 1 is 1.12 bits per heavy atom. The molecular formula is C18H26N4O3. The number of amides is 3. The monoisotopic (exact) mass is 346 g/mol. The predicted octanol–water partition coefficient (Wildman–Crippen LogP) is 0.526. The summed E-state index contributed by atoms with van der Waals surface area (Å²) in [6, 6.07) is 6.92. The molecule has 3 amide bonds. The lowest BCUT2D eigenvalue weighted by molar-refractivity contribution is 0.0315. The van der Waals surface area contributed by atoms with Crippen molar-refractivity contribution in [3.8, 4) is 0 Å². The van der Waals surface area contributed by atoms with E-state index in [0.29, 0.717) is 25.2 Å². The van der Waals surface area contributed by atoms with Crippen LogP contribution in [0.5, 0.6) is 0 Å². The summed E-state index contributed by atoms with van der Waals surface area (Å²) in [5, 5.41) is 12.6. The Bertz CT molecular complexity index is 611. The molecule has 0 radical (unpaired) electrons. The lowest BCUT2D eigenvalue weighted by atomic mass is 10.1. The Morgan fingerprint density at radius 3 is 2.36 bits per heavy atom. The van der Waals surface area contributed by atoms with Crippen molar-refractivity contribution in [1.82, 2.24) is 15.1 Å². The van der Waals surface area contributed by atoms with Gasteiger partial charge in [-0.3, -0.25) is 9.69 Å². The number of nitrogens with zero attached hydrogens (tertiary/aromatic N) is 2. The van der Waals surface area contributed by atoms with E-state index in [1.54, 1.807) is 12.1 Å². The zero-order chi connectivity index (χ0) is 17.8. The van der Waals surface area contributed by atoms with Crippen molar-refractivity contribution in [3.63, 3.8) is 0 Å². The minimum atomic E-state index is -0.564. The molecule has 0 unspecified atom stereocenters.